The van der Waals surface area contributed by atoms with E-state index in [4.69, 9.17) is 14.2 Å². The molecule has 0 radical (unpaired) electrons. The molecule has 3 aromatic rings. The van der Waals surface area contributed by atoms with Gasteiger partial charge in [0.1, 0.15) is 12.3 Å². The third-order valence-corrected chi connectivity index (χ3v) is 5.14. The highest BCUT2D eigenvalue weighted by Crippen LogP contribution is 2.23. The molecule has 9 heteroatoms. The maximum absolute atomic E-state index is 13.1. The van der Waals surface area contributed by atoms with Gasteiger partial charge in [-0.05, 0) is 44.9 Å². The average Bonchev–Trinajstić information content (AvgIpc) is 3.27. The third kappa shape index (κ3) is 5.17. The molecule has 172 valence electrons. The standard InChI is InChI=1S/C23H30N4O5/c1-5-31-12-8-11-27-18-10-7-6-9-17(18)25-23(27)26-21(28)20-15(2)19(16(3)24-20)22(29)32-14-13-30-4/h6-7,9-10,24H,5,8,11-14H2,1-4H3,(H,25,26,28). The van der Waals surface area contributed by atoms with Crippen LogP contribution in [0.1, 0.15) is 45.4 Å². The van der Waals surface area contributed by atoms with Crippen LogP contribution >= 0.6 is 0 Å². The molecule has 0 saturated heterocycles. The number of carbonyl (C=O) groups excluding carboxylic acids is 2. The molecule has 1 aromatic carbocycles. The van der Waals surface area contributed by atoms with Gasteiger partial charge < -0.3 is 23.8 Å². The number of hydrogen-bond donors (Lipinski definition) is 2. The number of H-pyrrole nitrogens is 1. The zero-order valence-corrected chi connectivity index (χ0v) is 19.0. The number of nitrogens with one attached hydrogen (secondary N) is 2. The van der Waals surface area contributed by atoms with Crippen LogP contribution in [0.25, 0.3) is 11.0 Å². The number of rotatable bonds is 11. The van der Waals surface area contributed by atoms with Crippen molar-refractivity contribution >= 4 is 28.9 Å². The second-order valence-electron chi connectivity index (χ2n) is 7.33. The summed E-state index contributed by atoms with van der Waals surface area (Å²) in [5.41, 5.74) is 3.48. The van der Waals surface area contributed by atoms with Gasteiger partial charge in [0.2, 0.25) is 5.95 Å². The summed E-state index contributed by atoms with van der Waals surface area (Å²) in [5.74, 6) is -0.415. The number of methoxy groups -OCH3 is 1. The number of hydrogen-bond acceptors (Lipinski definition) is 6. The van der Waals surface area contributed by atoms with Crippen molar-refractivity contribution in [1.82, 2.24) is 14.5 Å². The van der Waals surface area contributed by atoms with Gasteiger partial charge in [-0.2, -0.15) is 0 Å². The highest BCUT2D eigenvalue weighted by molar-refractivity contribution is 6.06. The molecule has 0 atom stereocenters. The fraction of sp³-hybridized carbons (Fsp3) is 0.435. The van der Waals surface area contributed by atoms with Gasteiger partial charge in [-0.1, -0.05) is 12.1 Å². The van der Waals surface area contributed by atoms with Gasteiger partial charge in [-0.15, -0.1) is 0 Å². The average molecular weight is 443 g/mol. The summed E-state index contributed by atoms with van der Waals surface area (Å²) in [6, 6.07) is 7.72. The molecule has 9 nitrogen and oxygen atoms in total. The third-order valence-electron chi connectivity index (χ3n) is 5.14. The summed E-state index contributed by atoms with van der Waals surface area (Å²) >= 11 is 0. The first-order valence-electron chi connectivity index (χ1n) is 10.7. The van der Waals surface area contributed by atoms with Crippen molar-refractivity contribution in [3.8, 4) is 0 Å². The fourth-order valence-corrected chi connectivity index (χ4v) is 3.60. The minimum absolute atomic E-state index is 0.146. The first kappa shape index (κ1) is 23.5. The number of esters is 1. The summed E-state index contributed by atoms with van der Waals surface area (Å²) in [7, 11) is 1.53. The van der Waals surface area contributed by atoms with E-state index >= 15 is 0 Å². The number of anilines is 1. The summed E-state index contributed by atoms with van der Waals surface area (Å²) < 4.78 is 17.5. The van der Waals surface area contributed by atoms with Crippen molar-refractivity contribution in [2.75, 3.05) is 38.9 Å². The molecule has 3 rings (SSSR count). The monoisotopic (exact) mass is 442 g/mol. The molecule has 32 heavy (non-hydrogen) atoms. The van der Waals surface area contributed by atoms with Crippen LogP contribution in [0, 0.1) is 13.8 Å². The van der Waals surface area contributed by atoms with Gasteiger partial charge in [0, 0.05) is 32.6 Å². The minimum Gasteiger partial charge on any atom is -0.460 e. The number of aryl methyl sites for hydroxylation is 2. The smallest absolute Gasteiger partial charge is 0.340 e. The SMILES string of the molecule is CCOCCCn1c(NC(=O)c2[nH]c(C)c(C(=O)OCCOC)c2C)nc2ccccc21. The zero-order chi connectivity index (χ0) is 23.1. The van der Waals surface area contributed by atoms with Crippen molar-refractivity contribution in [1.29, 1.82) is 0 Å². The molecule has 0 aliphatic carbocycles. The molecule has 0 aliphatic rings. The van der Waals surface area contributed by atoms with Gasteiger partial charge >= 0.3 is 5.97 Å². The predicted octanol–water partition coefficient (Wildman–Crippen LogP) is 3.46. The molecular formula is C23H30N4O5. The van der Waals surface area contributed by atoms with Crippen LogP contribution < -0.4 is 5.32 Å². The number of fused-ring (bicyclic) bond motifs is 1. The second kappa shape index (κ2) is 10.9. The molecule has 0 spiro atoms. The molecule has 0 bridgehead atoms. The second-order valence-corrected chi connectivity index (χ2v) is 7.33. The number of aromatic amines is 1. The summed E-state index contributed by atoms with van der Waals surface area (Å²) in [6.45, 7) is 7.80. The van der Waals surface area contributed by atoms with Crippen molar-refractivity contribution in [2.24, 2.45) is 0 Å². The number of amides is 1. The van der Waals surface area contributed by atoms with Crippen molar-refractivity contribution in [3.05, 3.63) is 46.8 Å². The van der Waals surface area contributed by atoms with Crippen LogP contribution in [0.5, 0.6) is 0 Å². The van der Waals surface area contributed by atoms with Crippen LogP contribution in [-0.4, -0.2) is 59.9 Å². The molecule has 1 amide bonds. The van der Waals surface area contributed by atoms with E-state index in [1.807, 2.05) is 35.8 Å². The Morgan fingerprint density at radius 2 is 1.94 bits per heavy atom. The summed E-state index contributed by atoms with van der Waals surface area (Å²) in [5, 5.41) is 2.90. The highest BCUT2D eigenvalue weighted by atomic mass is 16.6. The molecule has 0 aliphatic heterocycles. The van der Waals surface area contributed by atoms with Crippen molar-refractivity contribution in [3.63, 3.8) is 0 Å². The Morgan fingerprint density at radius 3 is 2.69 bits per heavy atom. The lowest BCUT2D eigenvalue weighted by molar-refractivity contribution is 0.0386. The van der Waals surface area contributed by atoms with Crippen LogP contribution in [0.3, 0.4) is 0 Å². The lowest BCUT2D eigenvalue weighted by Gasteiger charge is -2.10. The van der Waals surface area contributed by atoms with Gasteiger partial charge in [-0.3, -0.25) is 10.1 Å². The number of nitrogens with zero attached hydrogens (tertiary/aromatic N) is 2. The van der Waals surface area contributed by atoms with Gasteiger partial charge in [0.25, 0.3) is 5.91 Å². The van der Waals surface area contributed by atoms with E-state index in [9.17, 15) is 9.59 Å². The number of imidazole rings is 1. The Labute approximate surface area is 187 Å². The van der Waals surface area contributed by atoms with E-state index < -0.39 is 5.97 Å². The lowest BCUT2D eigenvalue weighted by Crippen LogP contribution is -2.18. The van der Waals surface area contributed by atoms with Crippen LogP contribution in [0.2, 0.25) is 0 Å². The molecule has 0 unspecified atom stereocenters. The summed E-state index contributed by atoms with van der Waals surface area (Å²) in [6.07, 6.45) is 0.787. The number of aromatic nitrogens is 3. The number of para-hydroxylation sites is 2. The molecule has 0 fully saturated rings. The molecule has 2 aromatic heterocycles. The highest BCUT2D eigenvalue weighted by Gasteiger charge is 2.24. The lowest BCUT2D eigenvalue weighted by atomic mass is 10.1. The van der Waals surface area contributed by atoms with E-state index in [1.165, 1.54) is 7.11 Å². The zero-order valence-electron chi connectivity index (χ0n) is 19.0. The van der Waals surface area contributed by atoms with E-state index in [1.54, 1.807) is 13.8 Å². The van der Waals surface area contributed by atoms with E-state index in [-0.39, 0.29) is 12.5 Å². The first-order chi connectivity index (χ1) is 15.5. The molecular weight excluding hydrogens is 412 g/mol. The fourth-order valence-electron chi connectivity index (χ4n) is 3.60. The molecule has 2 N–H and O–H groups in total. The minimum atomic E-state index is -0.490. The molecule has 2 heterocycles. The van der Waals surface area contributed by atoms with Crippen LogP contribution in [0.15, 0.2) is 24.3 Å². The van der Waals surface area contributed by atoms with Crippen LogP contribution in [-0.2, 0) is 20.8 Å². The first-order valence-corrected chi connectivity index (χ1v) is 10.7. The largest absolute Gasteiger partial charge is 0.460 e. The Morgan fingerprint density at radius 1 is 1.16 bits per heavy atom. The van der Waals surface area contributed by atoms with Crippen LogP contribution in [0.4, 0.5) is 5.95 Å². The van der Waals surface area contributed by atoms with E-state index in [0.29, 0.717) is 54.8 Å². The van der Waals surface area contributed by atoms with Gasteiger partial charge in [0.15, 0.2) is 0 Å². The Kier molecular flexibility index (Phi) is 8.02. The Balaban J connectivity index is 1.83. The van der Waals surface area contributed by atoms with E-state index in [0.717, 1.165) is 17.5 Å². The van der Waals surface area contributed by atoms with Crippen molar-refractivity contribution in [2.45, 2.75) is 33.7 Å². The summed E-state index contributed by atoms with van der Waals surface area (Å²) in [4.78, 5) is 33.1. The predicted molar refractivity (Wildman–Crippen MR) is 121 cm³/mol. The quantitative estimate of drug-likeness (QED) is 0.348. The van der Waals surface area contributed by atoms with E-state index in [2.05, 4.69) is 15.3 Å². The normalized spacial score (nSPS) is 11.1. The number of ether oxygens (including phenoxy) is 3. The van der Waals surface area contributed by atoms with Gasteiger partial charge in [0.05, 0.1) is 23.2 Å². The van der Waals surface area contributed by atoms with Crippen molar-refractivity contribution < 1.29 is 23.8 Å². The molecule has 0 saturated carbocycles. The number of carbonyl (C=O) groups is 2. The Hall–Kier alpha value is -3.17. The topological polar surface area (TPSA) is 107 Å². The Bertz CT molecular complexity index is 1090. The maximum Gasteiger partial charge on any atom is 0.340 e. The maximum atomic E-state index is 13.1. The number of benzene rings is 1. The van der Waals surface area contributed by atoms with Gasteiger partial charge in [-0.25, -0.2) is 9.78 Å².